The van der Waals surface area contributed by atoms with Crippen LogP contribution < -0.4 is 9.47 Å². The molecule has 72 heavy (non-hydrogen) atoms. The van der Waals surface area contributed by atoms with Crippen molar-refractivity contribution in [3.8, 4) is 56.3 Å². The molecule has 1 aliphatic rings. The summed E-state index contributed by atoms with van der Waals surface area (Å²) < 4.78 is 23.2. The van der Waals surface area contributed by atoms with E-state index in [2.05, 4.69) is 189 Å². The molecule has 1 aliphatic carbocycles. The lowest BCUT2D eigenvalue weighted by molar-refractivity contribution is 0.233. The van der Waals surface area contributed by atoms with Gasteiger partial charge in [-0.05, 0) is 122 Å². The zero-order chi connectivity index (χ0) is 49.9. The average molecular weight is 969 g/mol. The zero-order valence-electron chi connectivity index (χ0n) is 43.4. The van der Waals surface area contributed by atoms with Crippen molar-refractivity contribution >= 4 is 33.8 Å². The molecule has 366 valence electrons. The maximum Gasteiger partial charge on any atom is 0.119 e. The molecule has 0 saturated heterocycles. The summed E-state index contributed by atoms with van der Waals surface area (Å²) in [5.41, 5.74) is 20.1. The maximum absolute atomic E-state index is 6.57. The average Bonchev–Trinajstić information content (AvgIpc) is 4.01. The molecule has 0 N–H and O–H groups in total. The Labute approximate surface area is 431 Å². The van der Waals surface area contributed by atoms with Crippen LogP contribution in [0.3, 0.4) is 0 Å². The molecule has 7 aromatic carbocycles. The van der Waals surface area contributed by atoms with E-state index in [0.717, 1.165) is 98.8 Å². The molecule has 2 unspecified atom stereocenters. The van der Waals surface area contributed by atoms with Crippen LogP contribution in [0.5, 0.6) is 11.5 Å². The molecule has 0 saturated carbocycles. The lowest BCUT2D eigenvalue weighted by Gasteiger charge is -2.34. The van der Waals surface area contributed by atoms with E-state index in [1.54, 1.807) is 0 Å². The van der Waals surface area contributed by atoms with Gasteiger partial charge in [-0.2, -0.15) is 8.75 Å². The maximum atomic E-state index is 6.57. The highest BCUT2D eigenvalue weighted by Crippen LogP contribution is 2.58. The first-order valence-corrected chi connectivity index (χ1v) is 27.2. The first-order chi connectivity index (χ1) is 35.1. The van der Waals surface area contributed by atoms with E-state index in [0.29, 0.717) is 11.8 Å². The monoisotopic (exact) mass is 969 g/mol. The summed E-state index contributed by atoms with van der Waals surface area (Å²) in [4.78, 5) is 11.3. The van der Waals surface area contributed by atoms with Gasteiger partial charge in [-0.1, -0.05) is 186 Å². The highest BCUT2D eigenvalue weighted by Gasteiger charge is 2.46. The Morgan fingerprint density at radius 1 is 0.472 bits per heavy atom. The fraction of sp³-hybridized carbons (Fsp3) is 0.323. The topological polar surface area (TPSA) is 70.0 Å². The van der Waals surface area contributed by atoms with E-state index < -0.39 is 5.41 Å². The first kappa shape index (κ1) is 48.9. The minimum Gasteiger partial charge on any atom is -0.493 e. The van der Waals surface area contributed by atoms with Crippen molar-refractivity contribution in [1.82, 2.24) is 18.7 Å². The number of fused-ring (bicyclic) bond motifs is 5. The molecule has 0 amide bonds. The Morgan fingerprint density at radius 2 is 0.931 bits per heavy atom. The van der Waals surface area contributed by atoms with Gasteiger partial charge >= 0.3 is 0 Å². The van der Waals surface area contributed by atoms with Crippen molar-refractivity contribution in [2.24, 2.45) is 11.8 Å². The number of unbranched alkanes of at least 4 members (excludes halogenated alkanes) is 2. The molecular weight excluding hydrogens is 901 g/mol. The number of aryl methyl sites for hydroxylation is 4. The Balaban J connectivity index is 1.19. The largest absolute Gasteiger partial charge is 0.493 e. The van der Waals surface area contributed by atoms with Gasteiger partial charge in [-0.3, -0.25) is 0 Å². The van der Waals surface area contributed by atoms with E-state index in [9.17, 15) is 0 Å². The van der Waals surface area contributed by atoms with E-state index in [1.807, 2.05) is 0 Å². The number of ether oxygens (including phenoxy) is 2. The molecule has 0 bridgehead atoms. The number of aromatic nitrogens is 4. The molecule has 0 aliphatic heterocycles. The summed E-state index contributed by atoms with van der Waals surface area (Å²) in [6, 6.07) is 49.2. The smallest absolute Gasteiger partial charge is 0.119 e. The second-order valence-corrected chi connectivity index (χ2v) is 20.9. The highest BCUT2D eigenvalue weighted by atomic mass is 32.1. The second kappa shape index (κ2) is 21.2. The van der Waals surface area contributed by atoms with Crippen LogP contribution >= 0.6 is 11.7 Å². The van der Waals surface area contributed by atoms with Crippen molar-refractivity contribution < 1.29 is 9.47 Å². The molecule has 0 spiro atoms. The summed E-state index contributed by atoms with van der Waals surface area (Å²) in [5, 5.41) is 0. The van der Waals surface area contributed by atoms with Crippen LogP contribution in [0, 0.1) is 39.5 Å². The van der Waals surface area contributed by atoms with E-state index >= 15 is 0 Å². The molecule has 10 rings (SSSR count). The molecule has 6 nitrogen and oxygen atoms in total. The van der Waals surface area contributed by atoms with Gasteiger partial charge in [0, 0.05) is 22.3 Å². The SMILES string of the molecule is CCCCC(CC)COc1ccc(C2(c3ccc(OCC(CC)CCCC)cc3)c3cc(C)ccc3-c3ccc(-c4c5nsnc5c(C)c5nc(-c6ccc(C)cc6)c(-c6ccc(C)cc6)nc45)cc32)cc1. The van der Waals surface area contributed by atoms with Crippen molar-refractivity contribution in [1.29, 1.82) is 0 Å². The Morgan fingerprint density at radius 3 is 1.44 bits per heavy atom. The Hall–Kier alpha value is -6.70. The van der Waals surface area contributed by atoms with E-state index in [1.165, 1.54) is 100 Å². The van der Waals surface area contributed by atoms with Gasteiger partial charge < -0.3 is 9.47 Å². The third-order valence-electron chi connectivity index (χ3n) is 15.4. The Kier molecular flexibility index (Phi) is 14.4. The molecule has 2 aromatic heterocycles. The van der Waals surface area contributed by atoms with Gasteiger partial charge in [0.1, 0.15) is 22.5 Å². The van der Waals surface area contributed by atoms with Crippen LogP contribution in [0.1, 0.15) is 124 Å². The van der Waals surface area contributed by atoms with Crippen LogP contribution in [0.2, 0.25) is 0 Å². The van der Waals surface area contributed by atoms with Gasteiger partial charge in [-0.15, -0.1) is 0 Å². The predicted octanol–water partition coefficient (Wildman–Crippen LogP) is 17.4. The summed E-state index contributed by atoms with van der Waals surface area (Å²) in [7, 11) is 0. The fourth-order valence-electron chi connectivity index (χ4n) is 11.0. The molecule has 2 heterocycles. The number of nitrogens with zero attached hydrogens (tertiary/aromatic N) is 4. The van der Waals surface area contributed by atoms with E-state index in [-0.39, 0.29) is 0 Å². The minimum absolute atomic E-state index is 0.537. The van der Waals surface area contributed by atoms with Crippen LogP contribution in [0.4, 0.5) is 0 Å². The van der Waals surface area contributed by atoms with Crippen LogP contribution in [0.15, 0.2) is 133 Å². The normalized spacial score (nSPS) is 14.9. The van der Waals surface area contributed by atoms with Crippen LogP contribution in [-0.4, -0.2) is 31.9 Å². The standard InChI is InChI=1S/C65H68N4O2S/c1-9-13-15-45(11-3)39-70-52-31-27-50(28-32-52)65(51-29-33-53(34-30-51)71-40-46(12-4)16-14-10-2)56-37-43(7)21-35-54(56)55-36-26-49(38-57(55)65)58-63-59(44(8)60-64(58)69-72-68-60)66-61(47-22-17-41(5)18-23-47)62(67-63)48-24-19-42(6)20-25-48/h17-38,45-46H,9-16,39-40H2,1-8H3. The quantitative estimate of drug-likeness (QED) is 0.0804. The first-order valence-electron chi connectivity index (χ1n) is 26.5. The highest BCUT2D eigenvalue weighted by molar-refractivity contribution is 7.00. The van der Waals surface area contributed by atoms with Crippen LogP contribution in [0.25, 0.3) is 66.8 Å². The third kappa shape index (κ3) is 9.21. The van der Waals surface area contributed by atoms with Gasteiger partial charge in [0.2, 0.25) is 0 Å². The van der Waals surface area contributed by atoms with Crippen molar-refractivity contribution in [3.63, 3.8) is 0 Å². The molecule has 0 fully saturated rings. The van der Waals surface area contributed by atoms with Gasteiger partial charge in [0.25, 0.3) is 0 Å². The molecule has 0 radical (unpaired) electrons. The summed E-state index contributed by atoms with van der Waals surface area (Å²) in [6.45, 7) is 19.1. The summed E-state index contributed by atoms with van der Waals surface area (Å²) in [6.07, 6.45) is 9.45. The zero-order valence-corrected chi connectivity index (χ0v) is 44.3. The lowest BCUT2D eigenvalue weighted by Crippen LogP contribution is -2.28. The van der Waals surface area contributed by atoms with Crippen molar-refractivity contribution in [2.75, 3.05) is 13.2 Å². The number of rotatable bonds is 19. The third-order valence-corrected chi connectivity index (χ3v) is 16.0. The van der Waals surface area contributed by atoms with Gasteiger partial charge in [-0.25, -0.2) is 9.97 Å². The number of hydrogen-bond donors (Lipinski definition) is 0. The van der Waals surface area contributed by atoms with Crippen molar-refractivity contribution in [2.45, 2.75) is 112 Å². The molecular formula is C65H68N4O2S. The molecule has 2 atom stereocenters. The number of hydrogen-bond acceptors (Lipinski definition) is 7. The Bertz CT molecular complexity index is 3280. The summed E-state index contributed by atoms with van der Waals surface area (Å²) in [5.74, 6) is 2.87. The minimum atomic E-state index is -0.693. The van der Waals surface area contributed by atoms with E-state index in [4.69, 9.17) is 28.2 Å². The van der Waals surface area contributed by atoms with Crippen molar-refractivity contribution in [3.05, 3.63) is 178 Å². The molecule has 7 heteroatoms. The lowest BCUT2D eigenvalue weighted by atomic mass is 9.67. The molecule has 9 aromatic rings. The second-order valence-electron chi connectivity index (χ2n) is 20.4. The van der Waals surface area contributed by atoms with Gasteiger partial charge in [0.15, 0.2) is 0 Å². The summed E-state index contributed by atoms with van der Waals surface area (Å²) >= 11 is 1.25. The number of benzene rings is 7. The van der Waals surface area contributed by atoms with Gasteiger partial charge in [0.05, 0.1) is 52.8 Å². The predicted molar refractivity (Wildman–Crippen MR) is 301 cm³/mol. The van der Waals surface area contributed by atoms with Crippen LogP contribution in [-0.2, 0) is 5.41 Å². The fourth-order valence-corrected chi connectivity index (χ4v) is 11.6.